The summed E-state index contributed by atoms with van der Waals surface area (Å²) in [6.45, 7) is 5.28. The highest BCUT2D eigenvalue weighted by Crippen LogP contribution is 2.22. The molecule has 108 valence electrons. The molecule has 0 aliphatic rings. The number of aliphatic hydroxyl groups is 1. The van der Waals surface area contributed by atoms with E-state index in [4.69, 9.17) is 16.2 Å². The van der Waals surface area contributed by atoms with E-state index in [1.807, 2.05) is 24.3 Å². The van der Waals surface area contributed by atoms with Gasteiger partial charge in [0.25, 0.3) is 0 Å². The second kappa shape index (κ2) is 8.15. The fourth-order valence-electron chi connectivity index (χ4n) is 1.90. The molecule has 0 heterocycles. The summed E-state index contributed by atoms with van der Waals surface area (Å²) in [6.07, 6.45) is 1.47. The lowest BCUT2D eigenvalue weighted by molar-refractivity contribution is 0.148. The van der Waals surface area contributed by atoms with Crippen LogP contribution in [0.1, 0.15) is 38.4 Å². The summed E-state index contributed by atoms with van der Waals surface area (Å²) >= 11 is 0. The van der Waals surface area contributed by atoms with E-state index in [2.05, 4.69) is 13.8 Å². The van der Waals surface area contributed by atoms with Gasteiger partial charge in [0.1, 0.15) is 5.75 Å². The average Bonchev–Trinajstić information content (AvgIpc) is 2.47. The lowest BCUT2D eigenvalue weighted by Crippen LogP contribution is -2.35. The molecular weight excluding hydrogens is 240 g/mol. The SMILES string of the molecule is CCC(CC)COc1cccc(C(O)[C@H](N)CN)c1. The van der Waals surface area contributed by atoms with E-state index < -0.39 is 12.1 Å². The fraction of sp³-hybridized carbons (Fsp3) is 0.600. The summed E-state index contributed by atoms with van der Waals surface area (Å²) < 4.78 is 5.77. The molecule has 5 N–H and O–H groups in total. The van der Waals surface area contributed by atoms with Crippen LogP contribution in [0, 0.1) is 5.92 Å². The van der Waals surface area contributed by atoms with E-state index in [-0.39, 0.29) is 6.54 Å². The van der Waals surface area contributed by atoms with Crippen molar-refractivity contribution in [2.24, 2.45) is 17.4 Å². The van der Waals surface area contributed by atoms with Gasteiger partial charge in [0.2, 0.25) is 0 Å². The van der Waals surface area contributed by atoms with Gasteiger partial charge in [0.05, 0.1) is 12.7 Å². The summed E-state index contributed by atoms with van der Waals surface area (Å²) in [5.41, 5.74) is 12.0. The van der Waals surface area contributed by atoms with Gasteiger partial charge in [-0.15, -0.1) is 0 Å². The zero-order valence-corrected chi connectivity index (χ0v) is 11.9. The molecule has 0 saturated carbocycles. The first-order valence-corrected chi connectivity index (χ1v) is 6.98. The second-order valence-electron chi connectivity index (χ2n) is 4.91. The molecule has 0 saturated heterocycles. The van der Waals surface area contributed by atoms with Crippen LogP contribution in [0.5, 0.6) is 5.75 Å². The number of hydrogen-bond acceptors (Lipinski definition) is 4. The van der Waals surface area contributed by atoms with E-state index in [9.17, 15) is 5.11 Å². The minimum absolute atomic E-state index is 0.250. The van der Waals surface area contributed by atoms with Crippen molar-refractivity contribution >= 4 is 0 Å². The van der Waals surface area contributed by atoms with Gasteiger partial charge in [-0.05, 0) is 23.6 Å². The topological polar surface area (TPSA) is 81.5 Å². The van der Waals surface area contributed by atoms with E-state index >= 15 is 0 Å². The predicted molar refractivity (Wildman–Crippen MR) is 78.0 cm³/mol. The number of nitrogens with two attached hydrogens (primary N) is 2. The van der Waals surface area contributed by atoms with Gasteiger partial charge in [-0.3, -0.25) is 0 Å². The first-order valence-electron chi connectivity index (χ1n) is 6.98. The highest BCUT2D eigenvalue weighted by molar-refractivity contribution is 5.30. The Bertz CT molecular complexity index is 367. The molecule has 0 radical (unpaired) electrons. The van der Waals surface area contributed by atoms with Crippen LogP contribution >= 0.6 is 0 Å². The molecule has 0 aromatic heterocycles. The lowest BCUT2D eigenvalue weighted by atomic mass is 10.0. The molecule has 1 aromatic carbocycles. The van der Waals surface area contributed by atoms with Gasteiger partial charge in [0, 0.05) is 12.6 Å². The quantitative estimate of drug-likeness (QED) is 0.670. The van der Waals surface area contributed by atoms with Gasteiger partial charge in [-0.1, -0.05) is 38.8 Å². The van der Waals surface area contributed by atoms with Gasteiger partial charge in [0.15, 0.2) is 0 Å². The van der Waals surface area contributed by atoms with Crippen molar-refractivity contribution in [3.05, 3.63) is 29.8 Å². The third kappa shape index (κ3) is 4.82. The van der Waals surface area contributed by atoms with Crippen molar-refractivity contribution in [2.75, 3.05) is 13.2 Å². The average molecular weight is 266 g/mol. The van der Waals surface area contributed by atoms with Crippen LogP contribution in [0.3, 0.4) is 0 Å². The Balaban J connectivity index is 2.66. The molecule has 0 aliphatic heterocycles. The summed E-state index contributed by atoms with van der Waals surface area (Å²) in [5.74, 6) is 1.34. The maximum absolute atomic E-state index is 10.0. The highest BCUT2D eigenvalue weighted by atomic mass is 16.5. The first-order chi connectivity index (χ1) is 9.12. The fourth-order valence-corrected chi connectivity index (χ4v) is 1.90. The molecule has 19 heavy (non-hydrogen) atoms. The molecule has 0 amide bonds. The van der Waals surface area contributed by atoms with Gasteiger partial charge < -0.3 is 21.3 Å². The molecule has 4 nitrogen and oxygen atoms in total. The molecule has 4 heteroatoms. The number of hydrogen-bond donors (Lipinski definition) is 3. The third-order valence-corrected chi connectivity index (χ3v) is 3.52. The van der Waals surface area contributed by atoms with Gasteiger partial charge in [-0.2, -0.15) is 0 Å². The Labute approximate surface area is 115 Å². The van der Waals surface area contributed by atoms with Crippen LogP contribution in [0.2, 0.25) is 0 Å². The molecule has 0 spiro atoms. The minimum Gasteiger partial charge on any atom is -0.493 e. The first kappa shape index (κ1) is 16.0. The summed E-state index contributed by atoms with van der Waals surface area (Å²) in [6, 6.07) is 6.98. The second-order valence-corrected chi connectivity index (χ2v) is 4.91. The zero-order valence-electron chi connectivity index (χ0n) is 11.9. The maximum Gasteiger partial charge on any atom is 0.119 e. The monoisotopic (exact) mass is 266 g/mol. The van der Waals surface area contributed by atoms with E-state index in [1.54, 1.807) is 0 Å². The van der Waals surface area contributed by atoms with E-state index in [1.165, 1.54) is 0 Å². The van der Waals surface area contributed by atoms with E-state index in [0.717, 1.165) is 24.2 Å². The number of aliphatic hydroxyl groups excluding tert-OH is 1. The maximum atomic E-state index is 10.0. The Kier molecular flexibility index (Phi) is 6.84. The molecule has 1 unspecified atom stereocenters. The Morgan fingerprint density at radius 3 is 2.53 bits per heavy atom. The lowest BCUT2D eigenvalue weighted by Gasteiger charge is -2.19. The third-order valence-electron chi connectivity index (χ3n) is 3.52. The molecule has 0 bridgehead atoms. The largest absolute Gasteiger partial charge is 0.493 e. The van der Waals surface area contributed by atoms with Crippen LogP contribution in [0.4, 0.5) is 0 Å². The van der Waals surface area contributed by atoms with Crippen molar-refractivity contribution in [3.63, 3.8) is 0 Å². The van der Waals surface area contributed by atoms with Crippen LogP contribution in [-0.4, -0.2) is 24.3 Å². The van der Waals surface area contributed by atoms with Crippen molar-refractivity contribution in [3.8, 4) is 5.75 Å². The summed E-state index contributed by atoms with van der Waals surface area (Å²) in [5, 5.41) is 10.0. The standard InChI is InChI=1S/C15H26N2O2/c1-3-11(4-2)10-19-13-7-5-6-12(8-13)15(18)14(17)9-16/h5-8,11,14-15,18H,3-4,9-10,16-17H2,1-2H3/t14-,15?/m1/s1. The minimum atomic E-state index is -0.748. The van der Waals surface area contributed by atoms with Crippen molar-refractivity contribution < 1.29 is 9.84 Å². The van der Waals surface area contributed by atoms with Crippen LogP contribution in [0.25, 0.3) is 0 Å². The van der Waals surface area contributed by atoms with E-state index in [0.29, 0.717) is 12.5 Å². The van der Waals surface area contributed by atoms with Crippen LogP contribution in [0.15, 0.2) is 24.3 Å². The van der Waals surface area contributed by atoms with Crippen LogP contribution < -0.4 is 16.2 Å². The smallest absolute Gasteiger partial charge is 0.119 e. The molecular formula is C15H26N2O2. The molecule has 2 atom stereocenters. The number of benzene rings is 1. The Hall–Kier alpha value is -1.10. The number of ether oxygens (including phenoxy) is 1. The van der Waals surface area contributed by atoms with Crippen LogP contribution in [-0.2, 0) is 0 Å². The summed E-state index contributed by atoms with van der Waals surface area (Å²) in [4.78, 5) is 0. The molecule has 0 aliphatic carbocycles. The van der Waals surface area contributed by atoms with Crippen molar-refractivity contribution in [1.82, 2.24) is 0 Å². The molecule has 1 aromatic rings. The van der Waals surface area contributed by atoms with Crippen molar-refractivity contribution in [1.29, 1.82) is 0 Å². The van der Waals surface area contributed by atoms with Gasteiger partial charge >= 0.3 is 0 Å². The highest BCUT2D eigenvalue weighted by Gasteiger charge is 2.16. The Morgan fingerprint density at radius 2 is 1.95 bits per heavy atom. The van der Waals surface area contributed by atoms with Crippen molar-refractivity contribution in [2.45, 2.75) is 38.8 Å². The zero-order chi connectivity index (χ0) is 14.3. The normalized spacial score (nSPS) is 14.4. The molecule has 1 rings (SSSR count). The van der Waals surface area contributed by atoms with Gasteiger partial charge in [-0.25, -0.2) is 0 Å². The predicted octanol–water partition coefficient (Wildman–Crippen LogP) is 1.82. The summed E-state index contributed by atoms with van der Waals surface area (Å²) in [7, 11) is 0. The molecule has 0 fully saturated rings. The Morgan fingerprint density at radius 1 is 1.26 bits per heavy atom. The number of rotatable bonds is 8.